The average Bonchev–Trinajstić information content (AvgIpc) is 2.80. The van der Waals surface area contributed by atoms with Crippen molar-refractivity contribution in [3.8, 4) is 0 Å². The van der Waals surface area contributed by atoms with Crippen LogP contribution < -0.4 is 9.62 Å². The first-order chi connectivity index (χ1) is 15.6. The molecule has 1 atom stereocenters. The number of nitrogens with zero attached hydrogens (tertiary/aromatic N) is 3. The number of amides is 2. The number of carbonyl (C=O) groups excluding carboxylic acids is 2. The van der Waals surface area contributed by atoms with Crippen molar-refractivity contribution in [1.82, 2.24) is 14.5 Å². The Bertz CT molecular complexity index is 1040. The van der Waals surface area contributed by atoms with Gasteiger partial charge in [0.1, 0.15) is 12.6 Å². The maximum atomic E-state index is 13.6. The lowest BCUT2D eigenvalue weighted by molar-refractivity contribution is -0.139. The maximum absolute atomic E-state index is 13.6. The van der Waals surface area contributed by atoms with Crippen LogP contribution in [0.15, 0.2) is 54.6 Å². The minimum Gasteiger partial charge on any atom is -0.354 e. The van der Waals surface area contributed by atoms with Gasteiger partial charge in [0.2, 0.25) is 11.8 Å². The zero-order valence-corrected chi connectivity index (χ0v) is 20.8. The molecule has 0 heterocycles. The van der Waals surface area contributed by atoms with E-state index in [1.54, 1.807) is 37.3 Å². The summed E-state index contributed by atoms with van der Waals surface area (Å²) in [5.74, 6) is -0.743. The van der Waals surface area contributed by atoms with Gasteiger partial charge in [-0.15, -0.1) is 0 Å². The van der Waals surface area contributed by atoms with Gasteiger partial charge in [-0.2, -0.15) is 12.7 Å². The second-order valence-corrected chi connectivity index (χ2v) is 10.1. The van der Waals surface area contributed by atoms with E-state index < -0.39 is 28.7 Å². The summed E-state index contributed by atoms with van der Waals surface area (Å²) in [6.45, 7) is 5.81. The Morgan fingerprint density at radius 3 is 2.18 bits per heavy atom. The van der Waals surface area contributed by atoms with Crippen LogP contribution in [0.2, 0.25) is 0 Å². The van der Waals surface area contributed by atoms with Crippen LogP contribution in [-0.4, -0.2) is 62.7 Å². The molecule has 1 N–H and O–H groups in total. The normalized spacial score (nSPS) is 12.3. The van der Waals surface area contributed by atoms with Gasteiger partial charge in [0.05, 0.1) is 5.69 Å². The predicted molar refractivity (Wildman–Crippen MR) is 131 cm³/mol. The van der Waals surface area contributed by atoms with Crippen molar-refractivity contribution in [2.75, 3.05) is 31.5 Å². The van der Waals surface area contributed by atoms with E-state index in [4.69, 9.17) is 0 Å². The van der Waals surface area contributed by atoms with Crippen molar-refractivity contribution in [2.45, 2.75) is 39.8 Å². The van der Waals surface area contributed by atoms with Gasteiger partial charge in [-0.3, -0.25) is 9.59 Å². The van der Waals surface area contributed by atoms with Gasteiger partial charge in [-0.05, 0) is 43.5 Å². The number of aryl methyl sites for hydroxylation is 1. The van der Waals surface area contributed by atoms with Crippen molar-refractivity contribution in [1.29, 1.82) is 0 Å². The number of rotatable bonds is 11. The number of nitrogens with one attached hydrogen (secondary N) is 1. The molecule has 33 heavy (non-hydrogen) atoms. The Labute approximate surface area is 197 Å². The molecule has 0 saturated carbocycles. The molecule has 2 amide bonds. The van der Waals surface area contributed by atoms with E-state index in [1.165, 1.54) is 19.0 Å². The summed E-state index contributed by atoms with van der Waals surface area (Å²) in [4.78, 5) is 27.7. The number of para-hydroxylation sites is 1. The van der Waals surface area contributed by atoms with Crippen molar-refractivity contribution < 1.29 is 18.0 Å². The van der Waals surface area contributed by atoms with Crippen molar-refractivity contribution in [2.24, 2.45) is 0 Å². The highest BCUT2D eigenvalue weighted by Crippen LogP contribution is 2.21. The Balaban J connectivity index is 2.42. The number of hydrogen-bond acceptors (Lipinski definition) is 4. The third-order valence-corrected chi connectivity index (χ3v) is 7.20. The molecule has 0 aromatic heterocycles. The smallest absolute Gasteiger partial charge is 0.304 e. The molecule has 0 saturated heterocycles. The average molecular weight is 475 g/mol. The van der Waals surface area contributed by atoms with Crippen LogP contribution in [-0.2, 0) is 26.3 Å². The second-order valence-electron chi connectivity index (χ2n) is 8.05. The van der Waals surface area contributed by atoms with Gasteiger partial charge < -0.3 is 10.2 Å². The molecule has 9 heteroatoms. The van der Waals surface area contributed by atoms with Crippen molar-refractivity contribution in [3.05, 3.63) is 65.7 Å². The number of carbonyl (C=O) groups is 2. The minimum atomic E-state index is -3.94. The van der Waals surface area contributed by atoms with E-state index in [9.17, 15) is 18.0 Å². The first-order valence-electron chi connectivity index (χ1n) is 11.0. The fourth-order valence-electron chi connectivity index (χ4n) is 3.26. The molecule has 0 aliphatic rings. The van der Waals surface area contributed by atoms with Crippen LogP contribution >= 0.6 is 0 Å². The topological polar surface area (TPSA) is 90.0 Å². The first-order valence-corrected chi connectivity index (χ1v) is 12.4. The molecule has 0 unspecified atom stereocenters. The molecular formula is C24H34N4O4S. The lowest BCUT2D eigenvalue weighted by Crippen LogP contribution is -2.52. The van der Waals surface area contributed by atoms with Crippen LogP contribution in [0.3, 0.4) is 0 Å². The summed E-state index contributed by atoms with van der Waals surface area (Å²) in [5.41, 5.74) is 2.25. The molecule has 0 fully saturated rings. The molecule has 180 valence electrons. The third kappa shape index (κ3) is 6.79. The SMILES string of the molecule is CCCNC(=O)[C@@H](C)N(Cc1ccccc1C)C(=O)CN(c1ccccc1)S(=O)(=O)N(C)C. The summed E-state index contributed by atoms with van der Waals surface area (Å²) in [7, 11) is -1.11. The third-order valence-electron chi connectivity index (χ3n) is 5.38. The molecule has 2 aromatic rings. The number of anilines is 1. The van der Waals surface area contributed by atoms with Crippen LogP contribution in [0, 0.1) is 6.92 Å². The standard InChI is InChI=1S/C24H34N4O4S/c1-6-16-25-24(30)20(3)27(17-21-13-11-10-12-19(21)2)23(29)18-28(33(31,32)26(4)5)22-14-8-7-9-15-22/h7-15,20H,6,16-18H2,1-5H3,(H,25,30)/t20-/m1/s1. The molecule has 2 rings (SSSR count). The largest absolute Gasteiger partial charge is 0.354 e. The zero-order valence-electron chi connectivity index (χ0n) is 20.0. The Morgan fingerprint density at radius 1 is 1.00 bits per heavy atom. The molecule has 2 aromatic carbocycles. The summed E-state index contributed by atoms with van der Waals surface area (Å²) in [6.07, 6.45) is 0.771. The van der Waals surface area contributed by atoms with E-state index in [1.807, 2.05) is 38.1 Å². The lowest BCUT2D eigenvalue weighted by atomic mass is 10.1. The molecule has 0 aliphatic carbocycles. The van der Waals surface area contributed by atoms with E-state index in [2.05, 4.69) is 5.32 Å². The molecule has 0 aliphatic heterocycles. The van der Waals surface area contributed by atoms with E-state index in [0.717, 1.165) is 26.2 Å². The number of benzene rings is 2. The van der Waals surface area contributed by atoms with Crippen molar-refractivity contribution in [3.63, 3.8) is 0 Å². The molecular weight excluding hydrogens is 440 g/mol. The zero-order chi connectivity index (χ0) is 24.6. The lowest BCUT2D eigenvalue weighted by Gasteiger charge is -2.33. The summed E-state index contributed by atoms with van der Waals surface area (Å²) >= 11 is 0. The van der Waals surface area contributed by atoms with Crippen LogP contribution in [0.5, 0.6) is 0 Å². The molecule has 0 bridgehead atoms. The van der Waals surface area contributed by atoms with E-state index >= 15 is 0 Å². The Morgan fingerprint density at radius 2 is 1.61 bits per heavy atom. The molecule has 0 spiro atoms. The van der Waals surface area contributed by atoms with Gasteiger partial charge in [0.25, 0.3) is 0 Å². The molecule has 0 radical (unpaired) electrons. The van der Waals surface area contributed by atoms with Crippen LogP contribution in [0.4, 0.5) is 5.69 Å². The van der Waals surface area contributed by atoms with E-state index in [-0.39, 0.29) is 12.5 Å². The predicted octanol–water partition coefficient (Wildman–Crippen LogP) is 2.55. The minimum absolute atomic E-state index is 0.191. The fourth-order valence-corrected chi connectivity index (χ4v) is 4.32. The number of hydrogen-bond donors (Lipinski definition) is 1. The summed E-state index contributed by atoms with van der Waals surface area (Å²) < 4.78 is 28.2. The molecule has 8 nitrogen and oxygen atoms in total. The highest BCUT2D eigenvalue weighted by Gasteiger charge is 2.32. The van der Waals surface area contributed by atoms with Gasteiger partial charge in [-0.1, -0.05) is 49.4 Å². The summed E-state index contributed by atoms with van der Waals surface area (Å²) in [6, 6.07) is 15.3. The van der Waals surface area contributed by atoms with Gasteiger partial charge in [-0.25, -0.2) is 4.31 Å². The van der Waals surface area contributed by atoms with E-state index in [0.29, 0.717) is 12.2 Å². The maximum Gasteiger partial charge on any atom is 0.304 e. The monoisotopic (exact) mass is 474 g/mol. The highest BCUT2D eigenvalue weighted by molar-refractivity contribution is 7.90. The quantitative estimate of drug-likeness (QED) is 0.542. The van der Waals surface area contributed by atoms with Crippen LogP contribution in [0.1, 0.15) is 31.4 Å². The Kier molecular flexibility index (Phi) is 9.43. The van der Waals surface area contributed by atoms with Crippen molar-refractivity contribution >= 4 is 27.7 Å². The first kappa shape index (κ1) is 26.3. The van der Waals surface area contributed by atoms with Gasteiger partial charge >= 0.3 is 10.2 Å². The van der Waals surface area contributed by atoms with Gasteiger partial charge in [0.15, 0.2) is 0 Å². The Hall–Kier alpha value is -2.91. The summed E-state index contributed by atoms with van der Waals surface area (Å²) in [5, 5.41) is 2.83. The highest BCUT2D eigenvalue weighted by atomic mass is 32.2. The second kappa shape index (κ2) is 11.8. The van der Waals surface area contributed by atoms with Crippen LogP contribution in [0.25, 0.3) is 0 Å². The fraction of sp³-hybridized carbons (Fsp3) is 0.417. The van der Waals surface area contributed by atoms with Gasteiger partial charge in [0, 0.05) is 27.2 Å².